The molecule has 0 aliphatic heterocycles. The van der Waals surface area contributed by atoms with Gasteiger partial charge in [0.1, 0.15) is 23.7 Å². The normalized spacial score (nSPS) is 12.1. The molecule has 5 nitrogen and oxygen atoms in total. The lowest BCUT2D eigenvalue weighted by molar-refractivity contribution is 0.0694. The predicted octanol–water partition coefficient (Wildman–Crippen LogP) is 2.84. The summed E-state index contributed by atoms with van der Waals surface area (Å²) in [5, 5.41) is 12.2. The number of nitrogens with one attached hydrogen (secondary N) is 1. The van der Waals surface area contributed by atoms with Gasteiger partial charge in [-0.2, -0.15) is 0 Å². The summed E-state index contributed by atoms with van der Waals surface area (Å²) < 4.78 is 10.8. The van der Waals surface area contributed by atoms with Crippen LogP contribution in [0.5, 0.6) is 5.75 Å². The Bertz CT molecular complexity index is 589. The van der Waals surface area contributed by atoms with Gasteiger partial charge < -0.3 is 19.6 Å². The van der Waals surface area contributed by atoms with E-state index in [0.717, 1.165) is 5.75 Å². The maximum atomic E-state index is 11.0. The van der Waals surface area contributed by atoms with Crippen LogP contribution in [0.3, 0.4) is 0 Å². The van der Waals surface area contributed by atoms with Crippen molar-refractivity contribution in [3.05, 3.63) is 53.5 Å². The number of ether oxygens (including phenoxy) is 1. The highest BCUT2D eigenvalue weighted by atomic mass is 16.5. The van der Waals surface area contributed by atoms with Gasteiger partial charge in [-0.1, -0.05) is 17.7 Å². The zero-order valence-corrected chi connectivity index (χ0v) is 12.1. The maximum absolute atomic E-state index is 11.0. The van der Waals surface area contributed by atoms with Crippen molar-refractivity contribution in [1.29, 1.82) is 0 Å². The molecule has 2 N–H and O–H groups in total. The average Bonchev–Trinajstić information content (AvgIpc) is 2.93. The molecule has 1 aromatic carbocycles. The van der Waals surface area contributed by atoms with Gasteiger partial charge in [0.2, 0.25) is 0 Å². The molecule has 0 saturated carbocycles. The Morgan fingerprint density at radius 1 is 1.33 bits per heavy atom. The number of benzene rings is 1. The first-order valence-electron chi connectivity index (χ1n) is 6.79. The first-order chi connectivity index (χ1) is 10.1. The number of aromatic carboxylic acids is 1. The van der Waals surface area contributed by atoms with Crippen molar-refractivity contribution in [3.63, 3.8) is 0 Å². The van der Waals surface area contributed by atoms with E-state index in [4.69, 9.17) is 14.3 Å². The fourth-order valence-corrected chi connectivity index (χ4v) is 1.85. The summed E-state index contributed by atoms with van der Waals surface area (Å²) in [6.45, 7) is 4.84. The summed E-state index contributed by atoms with van der Waals surface area (Å²) >= 11 is 0. The molecule has 21 heavy (non-hydrogen) atoms. The molecule has 0 saturated heterocycles. The van der Waals surface area contributed by atoms with E-state index in [9.17, 15) is 4.79 Å². The fourth-order valence-electron chi connectivity index (χ4n) is 1.85. The highest BCUT2D eigenvalue weighted by Gasteiger charge is 2.13. The Morgan fingerprint density at radius 3 is 2.71 bits per heavy atom. The van der Waals surface area contributed by atoms with Gasteiger partial charge in [-0.25, -0.2) is 4.79 Å². The summed E-state index contributed by atoms with van der Waals surface area (Å²) in [7, 11) is 0. The fraction of sp³-hybridized carbons (Fsp3) is 0.312. The van der Waals surface area contributed by atoms with Crippen LogP contribution in [0.1, 0.15) is 28.6 Å². The molecule has 1 atom stereocenters. The summed E-state index contributed by atoms with van der Waals surface area (Å²) in [4.78, 5) is 11.0. The van der Waals surface area contributed by atoms with Crippen LogP contribution in [0, 0.1) is 6.92 Å². The number of rotatable bonds is 7. The summed E-state index contributed by atoms with van der Waals surface area (Å²) in [5.74, 6) is 0.257. The van der Waals surface area contributed by atoms with Crippen LogP contribution in [0.4, 0.5) is 0 Å². The molecule has 1 unspecified atom stereocenters. The minimum Gasteiger partial charge on any atom is -0.492 e. The lowest BCUT2D eigenvalue weighted by Gasteiger charge is -2.14. The number of carboxylic acid groups (broad SMARTS) is 1. The largest absolute Gasteiger partial charge is 0.492 e. The van der Waals surface area contributed by atoms with E-state index < -0.39 is 5.97 Å². The van der Waals surface area contributed by atoms with Gasteiger partial charge >= 0.3 is 5.97 Å². The van der Waals surface area contributed by atoms with Crippen molar-refractivity contribution in [2.75, 3.05) is 6.61 Å². The van der Waals surface area contributed by atoms with Crippen LogP contribution in [-0.2, 0) is 6.54 Å². The van der Waals surface area contributed by atoms with E-state index >= 15 is 0 Å². The van der Waals surface area contributed by atoms with E-state index in [2.05, 4.69) is 5.32 Å². The van der Waals surface area contributed by atoms with Gasteiger partial charge in [0.05, 0.1) is 12.8 Å². The van der Waals surface area contributed by atoms with Gasteiger partial charge in [-0.05, 0) is 32.0 Å². The molecule has 0 radical (unpaired) electrons. The SMILES string of the molecule is Cc1ccc(OCC(C)NCc2occc2C(=O)O)cc1. The number of hydrogen-bond acceptors (Lipinski definition) is 4. The minimum absolute atomic E-state index is 0.0676. The van der Waals surface area contributed by atoms with E-state index in [1.165, 1.54) is 17.9 Å². The van der Waals surface area contributed by atoms with Crippen LogP contribution >= 0.6 is 0 Å². The Kier molecular flexibility index (Phi) is 5.00. The molecule has 1 heterocycles. The molecule has 5 heteroatoms. The van der Waals surface area contributed by atoms with Crippen molar-refractivity contribution >= 4 is 5.97 Å². The zero-order valence-electron chi connectivity index (χ0n) is 12.1. The molecule has 0 amide bonds. The number of furan rings is 1. The first kappa shape index (κ1) is 15.1. The molecule has 0 bridgehead atoms. The molecular formula is C16H19NO4. The highest BCUT2D eigenvalue weighted by Crippen LogP contribution is 2.12. The van der Waals surface area contributed by atoms with E-state index in [0.29, 0.717) is 18.9 Å². The summed E-state index contributed by atoms with van der Waals surface area (Å²) in [5.41, 5.74) is 1.38. The molecule has 2 rings (SSSR count). The topological polar surface area (TPSA) is 71.7 Å². The minimum atomic E-state index is -0.982. The molecule has 0 spiro atoms. The quantitative estimate of drug-likeness (QED) is 0.820. The Balaban J connectivity index is 1.79. The molecular weight excluding hydrogens is 270 g/mol. The van der Waals surface area contributed by atoms with Crippen LogP contribution in [-0.4, -0.2) is 23.7 Å². The average molecular weight is 289 g/mol. The Hall–Kier alpha value is -2.27. The standard InChI is InChI=1S/C16H19NO4/c1-11-3-5-13(6-4-11)21-10-12(2)17-9-15-14(16(18)19)7-8-20-15/h3-8,12,17H,9-10H2,1-2H3,(H,18,19). The van der Waals surface area contributed by atoms with Crippen molar-refractivity contribution in [1.82, 2.24) is 5.32 Å². The number of carbonyl (C=O) groups is 1. The van der Waals surface area contributed by atoms with Crippen LogP contribution in [0.25, 0.3) is 0 Å². The summed E-state index contributed by atoms with van der Waals surface area (Å²) in [6.07, 6.45) is 1.38. The molecule has 2 aromatic rings. The van der Waals surface area contributed by atoms with Crippen molar-refractivity contribution in [2.24, 2.45) is 0 Å². The van der Waals surface area contributed by atoms with Crippen LogP contribution in [0.2, 0.25) is 0 Å². The number of aryl methyl sites for hydroxylation is 1. The number of carboxylic acids is 1. The van der Waals surface area contributed by atoms with Gasteiger partial charge in [0.15, 0.2) is 0 Å². The second-order valence-corrected chi connectivity index (χ2v) is 4.97. The highest BCUT2D eigenvalue weighted by molar-refractivity contribution is 5.88. The predicted molar refractivity (Wildman–Crippen MR) is 78.6 cm³/mol. The second-order valence-electron chi connectivity index (χ2n) is 4.97. The third-order valence-corrected chi connectivity index (χ3v) is 3.11. The van der Waals surface area contributed by atoms with Crippen molar-refractivity contribution in [2.45, 2.75) is 26.4 Å². The first-order valence-corrected chi connectivity index (χ1v) is 6.79. The van der Waals surface area contributed by atoms with Crippen molar-refractivity contribution in [3.8, 4) is 5.75 Å². The lowest BCUT2D eigenvalue weighted by Crippen LogP contribution is -2.31. The van der Waals surface area contributed by atoms with Crippen LogP contribution in [0.15, 0.2) is 41.0 Å². The molecule has 0 aliphatic carbocycles. The van der Waals surface area contributed by atoms with Crippen molar-refractivity contribution < 1.29 is 19.1 Å². The maximum Gasteiger partial charge on any atom is 0.339 e. The Labute approximate surface area is 123 Å². The molecule has 0 fully saturated rings. The van der Waals surface area contributed by atoms with Gasteiger partial charge in [-0.3, -0.25) is 0 Å². The van der Waals surface area contributed by atoms with Gasteiger partial charge in [0, 0.05) is 6.04 Å². The van der Waals surface area contributed by atoms with E-state index in [1.807, 2.05) is 38.1 Å². The smallest absolute Gasteiger partial charge is 0.339 e. The molecule has 1 aromatic heterocycles. The third-order valence-electron chi connectivity index (χ3n) is 3.11. The number of hydrogen-bond donors (Lipinski definition) is 2. The van der Waals surface area contributed by atoms with Gasteiger partial charge in [0.25, 0.3) is 0 Å². The van der Waals surface area contributed by atoms with Gasteiger partial charge in [-0.15, -0.1) is 0 Å². The van der Waals surface area contributed by atoms with E-state index in [-0.39, 0.29) is 11.6 Å². The molecule has 112 valence electrons. The van der Waals surface area contributed by atoms with E-state index in [1.54, 1.807) is 0 Å². The Morgan fingerprint density at radius 2 is 2.05 bits per heavy atom. The lowest BCUT2D eigenvalue weighted by atomic mass is 10.2. The zero-order chi connectivity index (χ0) is 15.2. The monoisotopic (exact) mass is 289 g/mol. The molecule has 0 aliphatic rings. The van der Waals surface area contributed by atoms with Crippen LogP contribution < -0.4 is 10.1 Å². The summed E-state index contributed by atoms with van der Waals surface area (Å²) in [6, 6.07) is 9.37. The second kappa shape index (κ2) is 6.95. The third kappa shape index (κ3) is 4.36.